The molecule has 2 N–H and O–H groups in total. The predicted molar refractivity (Wildman–Crippen MR) is 97.5 cm³/mol. The topological polar surface area (TPSA) is 88.2 Å². The maximum absolute atomic E-state index is 12.3. The Hall–Kier alpha value is -2.12. The van der Waals surface area contributed by atoms with Gasteiger partial charge in [0.05, 0.1) is 22.8 Å². The Kier molecular flexibility index (Phi) is 5.24. The zero-order valence-electron chi connectivity index (χ0n) is 13.4. The van der Waals surface area contributed by atoms with Gasteiger partial charge in [-0.05, 0) is 30.2 Å². The lowest BCUT2D eigenvalue weighted by Crippen LogP contribution is -2.35. The van der Waals surface area contributed by atoms with Crippen LogP contribution >= 0.6 is 11.6 Å². The Bertz CT molecular complexity index is 869. The van der Waals surface area contributed by atoms with E-state index in [-0.39, 0.29) is 23.5 Å². The van der Waals surface area contributed by atoms with Crippen LogP contribution in [0.25, 0.3) is 0 Å². The first-order chi connectivity index (χ1) is 11.9. The summed E-state index contributed by atoms with van der Waals surface area (Å²) in [7, 11) is -3.03. The van der Waals surface area contributed by atoms with Gasteiger partial charge in [0.25, 0.3) is 5.91 Å². The Balaban J connectivity index is 1.60. The molecular formula is C17H18ClN3O3S. The van der Waals surface area contributed by atoms with Crippen LogP contribution in [-0.2, 0) is 16.4 Å². The molecule has 1 fully saturated rings. The second kappa shape index (κ2) is 7.41. The van der Waals surface area contributed by atoms with Crippen LogP contribution in [-0.4, -0.2) is 36.9 Å². The van der Waals surface area contributed by atoms with Gasteiger partial charge in [0, 0.05) is 30.0 Å². The average molecular weight is 380 g/mol. The van der Waals surface area contributed by atoms with E-state index in [0.717, 1.165) is 5.56 Å². The number of halogens is 1. The van der Waals surface area contributed by atoms with Gasteiger partial charge < -0.3 is 10.6 Å². The average Bonchev–Trinajstić information content (AvgIpc) is 2.93. The van der Waals surface area contributed by atoms with Crippen LogP contribution in [0.4, 0.5) is 5.69 Å². The minimum Gasteiger partial charge on any atom is -0.380 e. The van der Waals surface area contributed by atoms with Crippen molar-refractivity contribution in [2.24, 2.45) is 0 Å². The summed E-state index contributed by atoms with van der Waals surface area (Å²) in [5.74, 6) is -0.190. The quantitative estimate of drug-likeness (QED) is 0.831. The van der Waals surface area contributed by atoms with Crippen molar-refractivity contribution in [3.63, 3.8) is 0 Å². The molecule has 0 spiro atoms. The second-order valence-electron chi connectivity index (χ2n) is 6.02. The van der Waals surface area contributed by atoms with E-state index in [9.17, 15) is 13.2 Å². The van der Waals surface area contributed by atoms with Crippen molar-refractivity contribution in [2.45, 2.75) is 19.0 Å². The van der Waals surface area contributed by atoms with E-state index in [1.54, 1.807) is 12.3 Å². The molecule has 0 saturated carbocycles. The van der Waals surface area contributed by atoms with Crippen LogP contribution in [0.1, 0.15) is 22.3 Å². The van der Waals surface area contributed by atoms with Gasteiger partial charge in [0.15, 0.2) is 9.84 Å². The van der Waals surface area contributed by atoms with E-state index < -0.39 is 9.84 Å². The Morgan fingerprint density at radius 2 is 2.00 bits per heavy atom. The van der Waals surface area contributed by atoms with Gasteiger partial charge in [-0.1, -0.05) is 23.7 Å². The van der Waals surface area contributed by atoms with Crippen LogP contribution in [0.5, 0.6) is 0 Å². The third-order valence-electron chi connectivity index (χ3n) is 3.98. The number of amides is 1. The lowest BCUT2D eigenvalue weighted by atomic mass is 10.2. The summed E-state index contributed by atoms with van der Waals surface area (Å²) in [6.45, 7) is 0.574. The van der Waals surface area contributed by atoms with Crippen LogP contribution in [0.3, 0.4) is 0 Å². The lowest BCUT2D eigenvalue weighted by Gasteiger charge is -2.12. The fourth-order valence-electron chi connectivity index (χ4n) is 2.64. The number of pyridine rings is 1. The largest absolute Gasteiger partial charge is 0.380 e. The standard InChI is InChI=1S/C17H18ClN3O3S/c18-14-3-1-12(2-4-14)8-20-16-7-13(9-19-10-16)17(22)21-15-5-6-25(23,24)11-15/h1-4,7,9-10,15,20H,5-6,8,11H2,(H,21,22). The van der Waals surface area contributed by atoms with E-state index in [4.69, 9.17) is 11.6 Å². The maximum Gasteiger partial charge on any atom is 0.253 e. The van der Waals surface area contributed by atoms with Gasteiger partial charge in [-0.2, -0.15) is 0 Å². The van der Waals surface area contributed by atoms with E-state index in [1.165, 1.54) is 6.20 Å². The van der Waals surface area contributed by atoms with Crippen LogP contribution in [0.2, 0.25) is 5.02 Å². The maximum atomic E-state index is 12.3. The third kappa shape index (κ3) is 4.93. The first-order valence-electron chi connectivity index (χ1n) is 7.86. The highest BCUT2D eigenvalue weighted by atomic mass is 35.5. The molecule has 3 rings (SSSR count). The predicted octanol–water partition coefficient (Wildman–Crippen LogP) is 2.26. The van der Waals surface area contributed by atoms with Gasteiger partial charge in [-0.25, -0.2) is 8.42 Å². The van der Waals surface area contributed by atoms with E-state index in [2.05, 4.69) is 15.6 Å². The number of sulfone groups is 1. The molecule has 25 heavy (non-hydrogen) atoms. The van der Waals surface area contributed by atoms with Crippen molar-refractivity contribution in [3.8, 4) is 0 Å². The van der Waals surface area contributed by atoms with Crippen molar-refractivity contribution in [1.29, 1.82) is 0 Å². The number of hydrogen-bond acceptors (Lipinski definition) is 5. The molecule has 1 saturated heterocycles. The van der Waals surface area contributed by atoms with Crippen LogP contribution in [0, 0.1) is 0 Å². The molecule has 1 aromatic heterocycles. The number of hydrogen-bond donors (Lipinski definition) is 2. The number of aromatic nitrogens is 1. The summed E-state index contributed by atoms with van der Waals surface area (Å²) < 4.78 is 22.9. The third-order valence-corrected chi connectivity index (χ3v) is 6.00. The van der Waals surface area contributed by atoms with E-state index in [0.29, 0.717) is 29.2 Å². The van der Waals surface area contributed by atoms with Crippen LogP contribution < -0.4 is 10.6 Å². The summed E-state index contributed by atoms with van der Waals surface area (Å²) in [4.78, 5) is 16.4. The number of rotatable bonds is 5. The highest BCUT2D eigenvalue weighted by Crippen LogP contribution is 2.15. The van der Waals surface area contributed by atoms with Gasteiger partial charge in [0.2, 0.25) is 0 Å². The summed E-state index contributed by atoms with van der Waals surface area (Å²) in [6.07, 6.45) is 3.55. The molecule has 132 valence electrons. The van der Waals surface area contributed by atoms with Crippen molar-refractivity contribution in [1.82, 2.24) is 10.3 Å². The molecule has 1 aliphatic heterocycles. The normalized spacial score (nSPS) is 18.7. The molecule has 1 atom stereocenters. The minimum absolute atomic E-state index is 0.000671. The van der Waals surface area contributed by atoms with Crippen LogP contribution in [0.15, 0.2) is 42.7 Å². The summed E-state index contributed by atoms with van der Waals surface area (Å²) in [5.41, 5.74) is 2.16. The molecule has 1 aromatic carbocycles. The molecule has 2 heterocycles. The Labute approximate surface area is 151 Å². The monoisotopic (exact) mass is 379 g/mol. The highest BCUT2D eigenvalue weighted by molar-refractivity contribution is 7.91. The van der Waals surface area contributed by atoms with Crippen molar-refractivity contribution in [3.05, 3.63) is 58.9 Å². The van der Waals surface area contributed by atoms with Crippen molar-refractivity contribution >= 4 is 33.0 Å². The first-order valence-corrected chi connectivity index (χ1v) is 10.1. The van der Waals surface area contributed by atoms with Gasteiger partial charge in [0.1, 0.15) is 0 Å². The number of anilines is 1. The number of carbonyl (C=O) groups is 1. The molecule has 0 radical (unpaired) electrons. The lowest BCUT2D eigenvalue weighted by molar-refractivity contribution is 0.0941. The van der Waals surface area contributed by atoms with E-state index in [1.807, 2.05) is 24.3 Å². The molecule has 2 aromatic rings. The number of nitrogens with one attached hydrogen (secondary N) is 2. The molecule has 0 bridgehead atoms. The highest BCUT2D eigenvalue weighted by Gasteiger charge is 2.29. The van der Waals surface area contributed by atoms with E-state index >= 15 is 0 Å². The molecular weight excluding hydrogens is 362 g/mol. The Morgan fingerprint density at radius 1 is 1.24 bits per heavy atom. The number of nitrogens with zero attached hydrogens (tertiary/aromatic N) is 1. The zero-order chi connectivity index (χ0) is 17.9. The molecule has 8 heteroatoms. The molecule has 6 nitrogen and oxygen atoms in total. The van der Waals surface area contributed by atoms with Gasteiger partial charge in [-0.3, -0.25) is 9.78 Å². The molecule has 1 aliphatic rings. The summed E-state index contributed by atoms with van der Waals surface area (Å²) >= 11 is 5.86. The summed E-state index contributed by atoms with van der Waals surface area (Å²) in [6, 6.07) is 8.83. The summed E-state index contributed by atoms with van der Waals surface area (Å²) in [5, 5.41) is 6.64. The molecule has 0 aliphatic carbocycles. The SMILES string of the molecule is O=C(NC1CCS(=O)(=O)C1)c1cncc(NCc2ccc(Cl)cc2)c1. The first kappa shape index (κ1) is 17.7. The van der Waals surface area contributed by atoms with Crippen molar-refractivity contribution < 1.29 is 13.2 Å². The number of benzene rings is 1. The van der Waals surface area contributed by atoms with Crippen molar-refractivity contribution in [2.75, 3.05) is 16.8 Å². The fourth-order valence-corrected chi connectivity index (χ4v) is 4.44. The van der Waals surface area contributed by atoms with Gasteiger partial charge in [-0.15, -0.1) is 0 Å². The Morgan fingerprint density at radius 3 is 2.68 bits per heavy atom. The van der Waals surface area contributed by atoms with Gasteiger partial charge >= 0.3 is 0 Å². The smallest absolute Gasteiger partial charge is 0.253 e. The molecule has 1 unspecified atom stereocenters. The molecule has 1 amide bonds. The minimum atomic E-state index is -3.03. The fraction of sp³-hybridized carbons (Fsp3) is 0.294. The second-order valence-corrected chi connectivity index (χ2v) is 8.68. The number of carbonyl (C=O) groups excluding carboxylic acids is 1. The zero-order valence-corrected chi connectivity index (χ0v) is 15.0.